The zero-order valence-corrected chi connectivity index (χ0v) is 9.68. The molecule has 0 atom stereocenters. The van der Waals surface area contributed by atoms with Gasteiger partial charge in [0.05, 0.1) is 0 Å². The van der Waals surface area contributed by atoms with Crippen molar-refractivity contribution in [2.45, 2.75) is 4.90 Å². The van der Waals surface area contributed by atoms with Crippen molar-refractivity contribution in [1.82, 2.24) is 0 Å². The smallest absolute Gasteiger partial charge is 0.241 e. The molecule has 0 aliphatic rings. The fourth-order valence-corrected chi connectivity index (χ4v) is 2.18. The molecule has 2 rings (SSSR count). The molecule has 2 aromatic rings. The standard InChI is InChI=1S/C12H11NO3S/c13-17(15,16)12-7-6-10(8-11(12)14)9-4-2-1-3-5-9/h1-8,14H,(H2,13,15,16). The molecule has 5 heteroatoms. The second-order valence-corrected chi connectivity index (χ2v) is 5.12. The summed E-state index contributed by atoms with van der Waals surface area (Å²) < 4.78 is 22.2. The molecular weight excluding hydrogens is 238 g/mol. The predicted molar refractivity (Wildman–Crippen MR) is 64.9 cm³/mol. The van der Waals surface area contributed by atoms with Gasteiger partial charge in [0.25, 0.3) is 0 Å². The number of hydrogen-bond acceptors (Lipinski definition) is 3. The van der Waals surface area contributed by atoms with Crippen LogP contribution in [0.15, 0.2) is 53.4 Å². The van der Waals surface area contributed by atoms with Crippen molar-refractivity contribution in [3.8, 4) is 16.9 Å². The highest BCUT2D eigenvalue weighted by Gasteiger charge is 2.13. The van der Waals surface area contributed by atoms with Crippen molar-refractivity contribution >= 4 is 10.0 Å². The van der Waals surface area contributed by atoms with Crippen molar-refractivity contribution in [2.75, 3.05) is 0 Å². The lowest BCUT2D eigenvalue weighted by Crippen LogP contribution is -2.12. The van der Waals surface area contributed by atoms with Crippen LogP contribution < -0.4 is 5.14 Å². The minimum atomic E-state index is -3.88. The van der Waals surface area contributed by atoms with Crippen LogP contribution in [0.4, 0.5) is 0 Å². The number of primary sulfonamides is 1. The van der Waals surface area contributed by atoms with E-state index in [2.05, 4.69) is 0 Å². The van der Waals surface area contributed by atoms with Gasteiger partial charge in [0.2, 0.25) is 10.0 Å². The summed E-state index contributed by atoms with van der Waals surface area (Å²) in [5.41, 5.74) is 1.62. The van der Waals surface area contributed by atoms with Gasteiger partial charge in [0, 0.05) is 0 Å². The van der Waals surface area contributed by atoms with Crippen molar-refractivity contribution in [3.05, 3.63) is 48.5 Å². The quantitative estimate of drug-likeness (QED) is 0.850. The summed E-state index contributed by atoms with van der Waals surface area (Å²) in [5.74, 6) is -0.339. The first-order chi connectivity index (χ1) is 7.98. The molecule has 0 aromatic heterocycles. The largest absolute Gasteiger partial charge is 0.507 e. The molecule has 0 bridgehead atoms. The maximum absolute atomic E-state index is 11.1. The molecule has 17 heavy (non-hydrogen) atoms. The summed E-state index contributed by atoms with van der Waals surface area (Å²) in [7, 11) is -3.88. The van der Waals surface area contributed by atoms with E-state index in [0.29, 0.717) is 0 Å². The molecule has 3 N–H and O–H groups in total. The highest BCUT2D eigenvalue weighted by Crippen LogP contribution is 2.28. The Kier molecular flexibility index (Phi) is 2.87. The van der Waals surface area contributed by atoms with Crippen LogP contribution >= 0.6 is 0 Å². The van der Waals surface area contributed by atoms with Crippen LogP contribution in [0.2, 0.25) is 0 Å². The molecular formula is C12H11NO3S. The van der Waals surface area contributed by atoms with E-state index in [0.717, 1.165) is 11.1 Å². The van der Waals surface area contributed by atoms with Gasteiger partial charge in [-0.1, -0.05) is 36.4 Å². The molecule has 0 amide bonds. The molecule has 0 aliphatic carbocycles. The molecule has 2 aromatic carbocycles. The normalized spacial score (nSPS) is 11.4. The third-order valence-electron chi connectivity index (χ3n) is 2.37. The first-order valence-electron chi connectivity index (χ1n) is 4.90. The van der Waals surface area contributed by atoms with E-state index in [-0.39, 0.29) is 10.6 Å². The van der Waals surface area contributed by atoms with Crippen LogP contribution in [0.3, 0.4) is 0 Å². The lowest BCUT2D eigenvalue weighted by molar-refractivity contribution is 0.459. The van der Waals surface area contributed by atoms with E-state index >= 15 is 0 Å². The molecule has 0 aliphatic heterocycles. The minimum absolute atomic E-state index is 0.266. The summed E-state index contributed by atoms with van der Waals surface area (Å²) in [6, 6.07) is 13.6. The zero-order chi connectivity index (χ0) is 12.5. The number of sulfonamides is 1. The number of nitrogens with two attached hydrogens (primary N) is 1. The fourth-order valence-electron chi connectivity index (χ4n) is 1.57. The number of hydrogen-bond donors (Lipinski definition) is 2. The van der Waals surface area contributed by atoms with Crippen LogP contribution in [-0.4, -0.2) is 13.5 Å². The molecule has 0 saturated heterocycles. The lowest BCUT2D eigenvalue weighted by Gasteiger charge is -2.05. The van der Waals surface area contributed by atoms with Gasteiger partial charge in [0.15, 0.2) is 0 Å². The Morgan fingerprint density at radius 1 is 0.941 bits per heavy atom. The molecule has 4 nitrogen and oxygen atoms in total. The number of phenols is 1. The summed E-state index contributed by atoms with van der Waals surface area (Å²) >= 11 is 0. The summed E-state index contributed by atoms with van der Waals surface area (Å²) in [6.07, 6.45) is 0. The van der Waals surface area contributed by atoms with E-state index in [1.807, 2.05) is 30.3 Å². The summed E-state index contributed by atoms with van der Waals surface area (Å²) in [6.45, 7) is 0. The van der Waals surface area contributed by atoms with Crippen LogP contribution in [0.1, 0.15) is 0 Å². The van der Waals surface area contributed by atoms with Crippen molar-refractivity contribution in [3.63, 3.8) is 0 Å². The van der Waals surface area contributed by atoms with Gasteiger partial charge in [-0.25, -0.2) is 13.6 Å². The maximum Gasteiger partial charge on any atom is 0.241 e. The predicted octanol–water partition coefficient (Wildman–Crippen LogP) is 1.71. The Bertz CT molecular complexity index is 636. The van der Waals surface area contributed by atoms with Gasteiger partial charge in [-0.15, -0.1) is 0 Å². The van der Waals surface area contributed by atoms with E-state index < -0.39 is 10.0 Å². The molecule has 88 valence electrons. The maximum atomic E-state index is 11.1. The third kappa shape index (κ3) is 2.46. The number of phenolic OH excluding ortho intramolecular Hbond substituents is 1. The first-order valence-corrected chi connectivity index (χ1v) is 6.44. The Hall–Kier alpha value is -1.85. The van der Waals surface area contributed by atoms with E-state index in [1.54, 1.807) is 6.07 Å². The lowest BCUT2D eigenvalue weighted by atomic mass is 10.1. The van der Waals surface area contributed by atoms with Crippen molar-refractivity contribution < 1.29 is 13.5 Å². The molecule has 0 heterocycles. The van der Waals surface area contributed by atoms with Gasteiger partial charge in [0.1, 0.15) is 10.6 Å². The first kappa shape index (κ1) is 11.6. The third-order valence-corrected chi connectivity index (χ3v) is 3.33. The second-order valence-electron chi connectivity index (χ2n) is 3.59. The Morgan fingerprint density at radius 3 is 2.12 bits per heavy atom. The molecule has 0 unspecified atom stereocenters. The highest BCUT2D eigenvalue weighted by molar-refractivity contribution is 7.89. The minimum Gasteiger partial charge on any atom is -0.507 e. The fraction of sp³-hybridized carbons (Fsp3) is 0. The van der Waals surface area contributed by atoms with E-state index in [1.165, 1.54) is 12.1 Å². The average Bonchev–Trinajstić information content (AvgIpc) is 2.28. The van der Waals surface area contributed by atoms with Gasteiger partial charge in [-0.3, -0.25) is 0 Å². The molecule has 0 fully saturated rings. The Labute approximate surface area is 99.4 Å². The van der Waals surface area contributed by atoms with Gasteiger partial charge in [-0.05, 0) is 23.3 Å². The van der Waals surface area contributed by atoms with Gasteiger partial charge in [-0.2, -0.15) is 0 Å². The zero-order valence-electron chi connectivity index (χ0n) is 8.87. The average molecular weight is 249 g/mol. The van der Waals surface area contributed by atoms with Gasteiger partial charge < -0.3 is 5.11 Å². The monoisotopic (exact) mass is 249 g/mol. The van der Waals surface area contributed by atoms with Crippen molar-refractivity contribution in [1.29, 1.82) is 0 Å². The highest BCUT2D eigenvalue weighted by atomic mass is 32.2. The molecule has 0 spiro atoms. The van der Waals surface area contributed by atoms with Crippen LogP contribution in [0.5, 0.6) is 5.75 Å². The summed E-state index contributed by atoms with van der Waals surface area (Å²) in [4.78, 5) is -0.266. The topological polar surface area (TPSA) is 80.4 Å². The summed E-state index contributed by atoms with van der Waals surface area (Å²) in [5, 5.41) is 14.6. The number of rotatable bonds is 2. The van der Waals surface area contributed by atoms with E-state index in [4.69, 9.17) is 5.14 Å². The Balaban J connectivity index is 2.53. The van der Waals surface area contributed by atoms with Crippen LogP contribution in [0.25, 0.3) is 11.1 Å². The number of benzene rings is 2. The molecule has 0 saturated carbocycles. The van der Waals surface area contributed by atoms with Crippen LogP contribution in [0, 0.1) is 0 Å². The number of aromatic hydroxyl groups is 1. The SMILES string of the molecule is NS(=O)(=O)c1ccc(-c2ccccc2)cc1O. The van der Waals surface area contributed by atoms with Gasteiger partial charge >= 0.3 is 0 Å². The Morgan fingerprint density at radius 2 is 1.59 bits per heavy atom. The van der Waals surface area contributed by atoms with E-state index in [9.17, 15) is 13.5 Å². The second kappa shape index (κ2) is 4.20. The molecule has 0 radical (unpaired) electrons. The van der Waals surface area contributed by atoms with Crippen LogP contribution in [-0.2, 0) is 10.0 Å². The van der Waals surface area contributed by atoms with Crippen molar-refractivity contribution in [2.24, 2.45) is 5.14 Å².